The summed E-state index contributed by atoms with van der Waals surface area (Å²) >= 11 is 0. The van der Waals surface area contributed by atoms with Crippen molar-refractivity contribution in [3.8, 4) is 11.1 Å². The van der Waals surface area contributed by atoms with Crippen LogP contribution in [0.2, 0.25) is 0 Å². The smallest absolute Gasteiger partial charge is 0.0491 e. The molecule has 0 N–H and O–H groups in total. The topological polar surface area (TPSA) is 3.24 Å². The van der Waals surface area contributed by atoms with E-state index in [9.17, 15) is 0 Å². The highest BCUT2D eigenvalue weighted by atomic mass is 15.2. The molecule has 2 aromatic carbocycles. The molecule has 0 saturated heterocycles. The molecule has 4 rings (SSSR count). The molecule has 2 aliphatic rings. The van der Waals surface area contributed by atoms with Crippen LogP contribution in [0.1, 0.15) is 63.8 Å². The van der Waals surface area contributed by atoms with Crippen LogP contribution >= 0.6 is 0 Å². The normalized spacial score (nSPS) is 18.0. The minimum atomic E-state index is 0.137. The summed E-state index contributed by atoms with van der Waals surface area (Å²) in [6.45, 7) is 22.2. The second-order valence-corrected chi connectivity index (χ2v) is 10.4. The van der Waals surface area contributed by atoms with Gasteiger partial charge in [-0.25, -0.2) is 0 Å². The van der Waals surface area contributed by atoms with Crippen LogP contribution in [0.5, 0.6) is 0 Å². The fourth-order valence-corrected chi connectivity index (χ4v) is 5.08. The van der Waals surface area contributed by atoms with Crippen LogP contribution in [0, 0.1) is 5.41 Å². The van der Waals surface area contributed by atoms with Crippen molar-refractivity contribution >= 4 is 5.70 Å². The Morgan fingerprint density at radius 1 is 1.03 bits per heavy atom. The molecule has 32 heavy (non-hydrogen) atoms. The number of hydrogen-bond donors (Lipinski definition) is 0. The van der Waals surface area contributed by atoms with Gasteiger partial charge in [-0.15, -0.1) is 0 Å². The first kappa shape index (κ1) is 22.4. The summed E-state index contributed by atoms with van der Waals surface area (Å²) in [6, 6.07) is 14.4. The molecule has 1 heteroatoms. The summed E-state index contributed by atoms with van der Waals surface area (Å²) in [6.07, 6.45) is 7.69. The summed E-state index contributed by atoms with van der Waals surface area (Å²) in [4.78, 5) is 2.50. The molecular formula is C31H37N. The molecule has 1 atom stereocenters. The Morgan fingerprint density at radius 2 is 1.72 bits per heavy atom. The van der Waals surface area contributed by atoms with E-state index < -0.39 is 0 Å². The molecule has 0 fully saturated rings. The number of hydrogen-bond acceptors (Lipinski definition) is 1. The van der Waals surface area contributed by atoms with Crippen molar-refractivity contribution in [2.45, 2.75) is 66.8 Å². The highest BCUT2D eigenvalue weighted by Crippen LogP contribution is 2.45. The summed E-state index contributed by atoms with van der Waals surface area (Å²) in [5.41, 5.74) is 13.0. The monoisotopic (exact) mass is 423 g/mol. The van der Waals surface area contributed by atoms with Gasteiger partial charge >= 0.3 is 0 Å². The molecule has 0 spiro atoms. The van der Waals surface area contributed by atoms with Crippen LogP contribution in [0.15, 0.2) is 78.6 Å². The Hall–Kier alpha value is -2.80. The second-order valence-electron chi connectivity index (χ2n) is 10.4. The lowest BCUT2D eigenvalue weighted by Crippen LogP contribution is -2.45. The Kier molecular flexibility index (Phi) is 5.79. The Bertz CT molecular complexity index is 1130. The molecular weight excluding hydrogens is 386 g/mol. The van der Waals surface area contributed by atoms with Crippen molar-refractivity contribution in [3.05, 3.63) is 101 Å². The van der Waals surface area contributed by atoms with Crippen LogP contribution in [0.25, 0.3) is 16.8 Å². The molecule has 1 unspecified atom stereocenters. The molecule has 1 nitrogen and oxygen atoms in total. The van der Waals surface area contributed by atoms with E-state index in [0.717, 1.165) is 36.0 Å². The minimum absolute atomic E-state index is 0.137. The van der Waals surface area contributed by atoms with Gasteiger partial charge in [0.25, 0.3) is 0 Å². The van der Waals surface area contributed by atoms with E-state index in [4.69, 9.17) is 0 Å². The lowest BCUT2D eigenvalue weighted by molar-refractivity contribution is 0.189. The Balaban J connectivity index is 1.89. The number of fused-ring (bicyclic) bond motifs is 3. The van der Waals surface area contributed by atoms with Crippen LogP contribution in [0.4, 0.5) is 0 Å². The van der Waals surface area contributed by atoms with Crippen LogP contribution in [-0.4, -0.2) is 10.9 Å². The fraction of sp³-hybridized carbons (Fsp3) is 0.355. The van der Waals surface area contributed by atoms with Crippen molar-refractivity contribution in [2.24, 2.45) is 5.41 Å². The first-order valence-corrected chi connectivity index (χ1v) is 12.0. The average molecular weight is 424 g/mol. The number of rotatable bonds is 4. The van der Waals surface area contributed by atoms with Gasteiger partial charge in [0.05, 0.1) is 0 Å². The minimum Gasteiger partial charge on any atom is -0.343 e. The van der Waals surface area contributed by atoms with Gasteiger partial charge in [0.1, 0.15) is 0 Å². The number of nitrogens with zero attached hydrogens (tertiary/aromatic N) is 1. The van der Waals surface area contributed by atoms with Gasteiger partial charge < -0.3 is 4.90 Å². The lowest BCUT2D eigenvalue weighted by atomic mass is 9.75. The van der Waals surface area contributed by atoms with E-state index in [-0.39, 0.29) is 5.41 Å². The summed E-state index contributed by atoms with van der Waals surface area (Å²) in [5, 5.41) is 0. The van der Waals surface area contributed by atoms with E-state index in [0.29, 0.717) is 6.04 Å². The van der Waals surface area contributed by atoms with Crippen LogP contribution < -0.4 is 0 Å². The molecule has 2 heterocycles. The highest BCUT2D eigenvalue weighted by Gasteiger charge is 2.38. The molecule has 2 aromatic rings. The third-order valence-corrected chi connectivity index (χ3v) is 7.07. The quantitative estimate of drug-likeness (QED) is 0.480. The molecule has 0 amide bonds. The maximum absolute atomic E-state index is 4.36. The summed E-state index contributed by atoms with van der Waals surface area (Å²) in [7, 11) is 0. The van der Waals surface area contributed by atoms with Gasteiger partial charge in [-0.1, -0.05) is 78.1 Å². The standard InChI is InChI=1S/C31H37N/c1-9-22-11-13-24(14-12-22)26-17-25-18-30(31(6,7)8)32-19-28(20(3)4)21(5)15-29(32)27(25)16-23(26)10-2/h11-17,19,30H,3,5,9-10,18H2,1-2,4,6-8H3. The maximum atomic E-state index is 4.36. The zero-order valence-corrected chi connectivity index (χ0v) is 20.7. The average Bonchev–Trinajstić information content (AvgIpc) is 2.76. The Labute approximate surface area is 194 Å². The van der Waals surface area contributed by atoms with E-state index in [1.54, 1.807) is 0 Å². The van der Waals surface area contributed by atoms with Crippen molar-refractivity contribution in [1.29, 1.82) is 0 Å². The Morgan fingerprint density at radius 3 is 2.28 bits per heavy atom. The van der Waals surface area contributed by atoms with E-state index in [2.05, 4.69) is 108 Å². The fourth-order valence-electron chi connectivity index (χ4n) is 5.08. The van der Waals surface area contributed by atoms with Gasteiger partial charge in [-0.2, -0.15) is 0 Å². The third kappa shape index (κ3) is 3.90. The zero-order valence-electron chi connectivity index (χ0n) is 20.7. The van der Waals surface area contributed by atoms with Gasteiger partial charge in [0.2, 0.25) is 0 Å². The molecule has 2 aliphatic heterocycles. The first-order chi connectivity index (χ1) is 15.1. The van der Waals surface area contributed by atoms with E-state index in [1.807, 2.05) is 0 Å². The zero-order chi connectivity index (χ0) is 23.2. The molecule has 166 valence electrons. The van der Waals surface area contributed by atoms with Crippen molar-refractivity contribution in [1.82, 2.24) is 4.90 Å². The van der Waals surface area contributed by atoms with E-state index >= 15 is 0 Å². The predicted octanol–water partition coefficient (Wildman–Crippen LogP) is 8.12. The van der Waals surface area contributed by atoms with Gasteiger partial charge in [-0.05, 0) is 88.3 Å². The van der Waals surface area contributed by atoms with Gasteiger partial charge in [0.15, 0.2) is 0 Å². The number of aryl methyl sites for hydroxylation is 2. The molecule has 0 aliphatic carbocycles. The summed E-state index contributed by atoms with van der Waals surface area (Å²) in [5.74, 6) is 0. The molecule has 0 bridgehead atoms. The second kappa shape index (κ2) is 8.28. The van der Waals surface area contributed by atoms with Gasteiger partial charge in [-0.3, -0.25) is 0 Å². The SMILES string of the molecule is C=C(C)C1=CN2C(=CC1=C)c1cc(CC)c(-c3ccc(CC)cc3)cc1CC2C(C)(C)C. The number of benzene rings is 2. The van der Waals surface area contributed by atoms with Gasteiger partial charge in [0, 0.05) is 23.5 Å². The molecule has 0 saturated carbocycles. The van der Waals surface area contributed by atoms with Crippen LogP contribution in [0.3, 0.4) is 0 Å². The lowest BCUT2D eigenvalue weighted by Gasteiger charge is -2.47. The largest absolute Gasteiger partial charge is 0.343 e. The number of allylic oxidation sites excluding steroid dienone is 4. The van der Waals surface area contributed by atoms with Crippen LogP contribution in [-0.2, 0) is 19.3 Å². The molecule has 0 aromatic heterocycles. The van der Waals surface area contributed by atoms with Crippen molar-refractivity contribution in [2.75, 3.05) is 0 Å². The molecule has 0 radical (unpaired) electrons. The highest BCUT2D eigenvalue weighted by molar-refractivity contribution is 5.80. The summed E-state index contributed by atoms with van der Waals surface area (Å²) < 4.78 is 0. The van der Waals surface area contributed by atoms with Crippen molar-refractivity contribution < 1.29 is 0 Å². The predicted molar refractivity (Wildman–Crippen MR) is 139 cm³/mol. The first-order valence-electron chi connectivity index (χ1n) is 12.0. The maximum Gasteiger partial charge on any atom is 0.0491 e. The third-order valence-electron chi connectivity index (χ3n) is 7.07. The van der Waals surface area contributed by atoms with E-state index in [1.165, 1.54) is 39.1 Å². The van der Waals surface area contributed by atoms with Crippen molar-refractivity contribution in [3.63, 3.8) is 0 Å².